The number of hydrogen-bond acceptors (Lipinski definition) is 4. The minimum Gasteiger partial charge on any atom is -0.462 e. The fraction of sp³-hybridized carbons (Fsp3) is 0.154. The number of thiol groups is 1. The van der Waals surface area contributed by atoms with Gasteiger partial charge in [-0.2, -0.15) is 0 Å². The molecule has 2 rings (SSSR count). The van der Waals surface area contributed by atoms with Gasteiger partial charge in [0.1, 0.15) is 0 Å². The van der Waals surface area contributed by atoms with Crippen LogP contribution in [0.25, 0.3) is 0 Å². The summed E-state index contributed by atoms with van der Waals surface area (Å²) in [6.45, 7) is 0.413. The third kappa shape index (κ3) is 3.61. The lowest BCUT2D eigenvalue weighted by Crippen LogP contribution is -2.07. The predicted molar refractivity (Wildman–Crippen MR) is 72.0 cm³/mol. The van der Waals surface area contributed by atoms with Crippen LogP contribution in [0.3, 0.4) is 0 Å². The van der Waals surface area contributed by atoms with Gasteiger partial charge in [0.2, 0.25) is 0 Å². The first-order chi connectivity index (χ1) is 8.25. The van der Waals surface area contributed by atoms with E-state index >= 15 is 0 Å². The van der Waals surface area contributed by atoms with Gasteiger partial charge in [0.15, 0.2) is 0 Å². The molecule has 0 bridgehead atoms. The van der Waals surface area contributed by atoms with E-state index in [2.05, 4.69) is 12.6 Å². The average molecular weight is 264 g/mol. The van der Waals surface area contributed by atoms with Crippen LogP contribution >= 0.6 is 24.0 Å². The van der Waals surface area contributed by atoms with Gasteiger partial charge in [-0.05, 0) is 29.6 Å². The Morgan fingerprint density at radius 3 is 2.88 bits per heavy atom. The third-order valence-electron chi connectivity index (χ3n) is 2.24. The Labute approximate surface area is 110 Å². The highest BCUT2D eigenvalue weighted by Crippen LogP contribution is 2.12. The second-order valence-electron chi connectivity index (χ2n) is 3.52. The summed E-state index contributed by atoms with van der Waals surface area (Å²) in [6.07, 6.45) is 0.768. The molecule has 0 aliphatic rings. The Morgan fingerprint density at radius 2 is 2.18 bits per heavy atom. The molecule has 0 unspecified atom stereocenters. The number of carbonyl (C=O) groups excluding carboxylic acids is 1. The van der Waals surface area contributed by atoms with E-state index in [1.165, 1.54) is 4.88 Å². The van der Waals surface area contributed by atoms with Gasteiger partial charge >= 0.3 is 5.97 Å². The van der Waals surface area contributed by atoms with Crippen molar-refractivity contribution < 1.29 is 9.53 Å². The number of thiophene rings is 1. The first-order valence-electron chi connectivity index (χ1n) is 5.24. The maximum atomic E-state index is 11.7. The molecule has 0 atom stereocenters. The minimum absolute atomic E-state index is 0.294. The van der Waals surface area contributed by atoms with Crippen molar-refractivity contribution in [2.75, 3.05) is 6.61 Å². The summed E-state index contributed by atoms with van der Waals surface area (Å²) in [4.78, 5) is 13.7. The van der Waals surface area contributed by atoms with Gasteiger partial charge in [0.25, 0.3) is 0 Å². The standard InChI is InChI=1S/C13H12O2S2/c14-13(10-3-1-4-11(16)9-10)15-7-6-12-5-2-8-17-12/h1-5,8-9,16H,6-7H2. The molecule has 0 spiro atoms. The maximum absolute atomic E-state index is 11.7. The molecule has 4 heteroatoms. The van der Waals surface area contributed by atoms with Crippen LogP contribution in [0.1, 0.15) is 15.2 Å². The molecule has 0 saturated heterocycles. The molecule has 2 aromatic rings. The highest BCUT2D eigenvalue weighted by molar-refractivity contribution is 7.80. The van der Waals surface area contributed by atoms with Crippen molar-refractivity contribution in [3.8, 4) is 0 Å². The van der Waals surface area contributed by atoms with Gasteiger partial charge in [-0.1, -0.05) is 12.1 Å². The molecule has 1 heterocycles. The molecule has 0 aliphatic heterocycles. The lowest BCUT2D eigenvalue weighted by Gasteiger charge is -2.04. The first-order valence-corrected chi connectivity index (χ1v) is 6.57. The van der Waals surface area contributed by atoms with E-state index in [0.29, 0.717) is 12.2 Å². The second kappa shape index (κ2) is 5.89. The van der Waals surface area contributed by atoms with Gasteiger partial charge in [-0.3, -0.25) is 0 Å². The molecule has 1 aromatic carbocycles. The highest BCUT2D eigenvalue weighted by Gasteiger charge is 2.06. The van der Waals surface area contributed by atoms with Crippen molar-refractivity contribution in [2.24, 2.45) is 0 Å². The van der Waals surface area contributed by atoms with Crippen LogP contribution in [0.4, 0.5) is 0 Å². The van der Waals surface area contributed by atoms with Crippen molar-refractivity contribution in [1.29, 1.82) is 0 Å². The largest absolute Gasteiger partial charge is 0.462 e. The SMILES string of the molecule is O=C(OCCc1cccs1)c1cccc(S)c1. The van der Waals surface area contributed by atoms with Gasteiger partial charge in [-0.25, -0.2) is 4.79 Å². The van der Waals surface area contributed by atoms with E-state index in [1.807, 2.05) is 23.6 Å². The van der Waals surface area contributed by atoms with Crippen LogP contribution in [-0.4, -0.2) is 12.6 Å². The van der Waals surface area contributed by atoms with Crippen molar-refractivity contribution in [2.45, 2.75) is 11.3 Å². The summed E-state index contributed by atoms with van der Waals surface area (Å²) in [5, 5.41) is 2.02. The van der Waals surface area contributed by atoms with E-state index in [0.717, 1.165) is 11.3 Å². The molecule has 88 valence electrons. The van der Waals surface area contributed by atoms with E-state index in [4.69, 9.17) is 4.74 Å². The summed E-state index contributed by atoms with van der Waals surface area (Å²) in [5.41, 5.74) is 0.545. The summed E-state index contributed by atoms with van der Waals surface area (Å²) in [5.74, 6) is -0.294. The Bertz CT molecular complexity index is 492. The lowest BCUT2D eigenvalue weighted by atomic mass is 10.2. The van der Waals surface area contributed by atoms with E-state index in [9.17, 15) is 4.79 Å². The Hall–Kier alpha value is -1.26. The lowest BCUT2D eigenvalue weighted by molar-refractivity contribution is 0.0509. The molecule has 2 nitrogen and oxygen atoms in total. The zero-order valence-corrected chi connectivity index (χ0v) is 10.8. The second-order valence-corrected chi connectivity index (χ2v) is 5.06. The normalized spacial score (nSPS) is 10.2. The molecule has 0 N–H and O–H groups in total. The molecule has 0 radical (unpaired) electrons. The fourth-order valence-corrected chi connectivity index (χ4v) is 2.33. The van der Waals surface area contributed by atoms with Crippen LogP contribution in [0.2, 0.25) is 0 Å². The Balaban J connectivity index is 1.85. The minimum atomic E-state index is -0.294. The highest BCUT2D eigenvalue weighted by atomic mass is 32.1. The fourth-order valence-electron chi connectivity index (χ4n) is 1.42. The summed E-state index contributed by atoms with van der Waals surface area (Å²) >= 11 is 5.85. The van der Waals surface area contributed by atoms with E-state index in [-0.39, 0.29) is 5.97 Å². The summed E-state index contributed by atoms with van der Waals surface area (Å²) < 4.78 is 5.19. The zero-order valence-electron chi connectivity index (χ0n) is 9.13. The van der Waals surface area contributed by atoms with Crippen molar-refractivity contribution in [1.82, 2.24) is 0 Å². The number of esters is 1. The Morgan fingerprint density at radius 1 is 1.29 bits per heavy atom. The number of hydrogen-bond donors (Lipinski definition) is 1. The van der Waals surface area contributed by atoms with Gasteiger partial charge in [0.05, 0.1) is 12.2 Å². The molecule has 0 fully saturated rings. The van der Waals surface area contributed by atoms with Gasteiger partial charge < -0.3 is 4.74 Å². The van der Waals surface area contributed by atoms with E-state index < -0.39 is 0 Å². The van der Waals surface area contributed by atoms with Crippen molar-refractivity contribution in [3.63, 3.8) is 0 Å². The van der Waals surface area contributed by atoms with Gasteiger partial charge in [0, 0.05) is 16.2 Å². The molecular weight excluding hydrogens is 252 g/mol. The summed E-state index contributed by atoms with van der Waals surface area (Å²) in [6, 6.07) is 11.1. The quantitative estimate of drug-likeness (QED) is 0.676. The monoisotopic (exact) mass is 264 g/mol. The molecule has 1 aromatic heterocycles. The molecule has 17 heavy (non-hydrogen) atoms. The number of ether oxygens (including phenoxy) is 1. The van der Waals surface area contributed by atoms with Crippen molar-refractivity contribution in [3.05, 3.63) is 52.2 Å². The molecule has 0 amide bonds. The van der Waals surface area contributed by atoms with Crippen LogP contribution < -0.4 is 0 Å². The van der Waals surface area contributed by atoms with Crippen molar-refractivity contribution >= 4 is 29.9 Å². The van der Waals surface area contributed by atoms with Crippen LogP contribution in [0.15, 0.2) is 46.7 Å². The molecule has 0 saturated carbocycles. The Kier molecular flexibility index (Phi) is 4.23. The third-order valence-corrected chi connectivity index (χ3v) is 3.46. The van der Waals surface area contributed by atoms with Crippen LogP contribution in [0.5, 0.6) is 0 Å². The summed E-state index contributed by atoms with van der Waals surface area (Å²) in [7, 11) is 0. The number of rotatable bonds is 4. The number of benzene rings is 1. The first kappa shape index (κ1) is 12.2. The molecular formula is C13H12O2S2. The smallest absolute Gasteiger partial charge is 0.338 e. The van der Waals surface area contributed by atoms with Gasteiger partial charge in [-0.15, -0.1) is 24.0 Å². The maximum Gasteiger partial charge on any atom is 0.338 e. The van der Waals surface area contributed by atoms with Crippen LogP contribution in [-0.2, 0) is 11.2 Å². The molecule has 0 aliphatic carbocycles. The average Bonchev–Trinajstić information content (AvgIpc) is 2.82. The topological polar surface area (TPSA) is 26.3 Å². The predicted octanol–water partition coefficient (Wildman–Crippen LogP) is 3.44. The zero-order chi connectivity index (χ0) is 12.1. The van der Waals surface area contributed by atoms with Crippen LogP contribution in [0, 0.1) is 0 Å². The van der Waals surface area contributed by atoms with E-state index in [1.54, 1.807) is 29.5 Å². The number of carbonyl (C=O) groups is 1.